The van der Waals surface area contributed by atoms with Gasteiger partial charge in [-0.2, -0.15) is 0 Å². The van der Waals surface area contributed by atoms with E-state index in [1.165, 1.54) is 0 Å². The van der Waals surface area contributed by atoms with Gasteiger partial charge in [0.25, 0.3) is 5.69 Å². The Bertz CT molecular complexity index is 562. The highest BCUT2D eigenvalue weighted by Crippen LogP contribution is 2.24. The van der Waals surface area contributed by atoms with Crippen LogP contribution in [0.5, 0.6) is 0 Å². The highest BCUT2D eigenvalue weighted by Gasteiger charge is 2.13. The van der Waals surface area contributed by atoms with Crippen LogP contribution in [0.1, 0.15) is 6.42 Å². The molecule has 1 aromatic carbocycles. The molecule has 0 fully saturated rings. The van der Waals surface area contributed by atoms with Gasteiger partial charge >= 0.3 is 0 Å². The van der Waals surface area contributed by atoms with E-state index in [9.17, 15) is 22.9 Å². The molecular weight excluding hydrogens is 277 g/mol. The van der Waals surface area contributed by atoms with Gasteiger partial charge in [-0.3, -0.25) is 10.1 Å². The minimum atomic E-state index is -3.24. The lowest BCUT2D eigenvalue weighted by Gasteiger charge is -2.07. The molecule has 9 heteroatoms. The topological polar surface area (TPSA) is 101 Å². The molecule has 0 saturated heterocycles. The second-order valence-electron chi connectivity index (χ2n) is 3.87. The lowest BCUT2D eigenvalue weighted by molar-refractivity contribution is -0.384. The van der Waals surface area contributed by atoms with E-state index in [-0.39, 0.29) is 24.5 Å². The SMILES string of the molecule is CS(=O)(=O)NCCCNc1cc(F)ccc1[N+](=O)[O-]. The maximum Gasteiger partial charge on any atom is 0.292 e. The van der Waals surface area contributed by atoms with Crippen LogP contribution in [0, 0.1) is 15.9 Å². The molecule has 0 bridgehead atoms. The van der Waals surface area contributed by atoms with Crippen LogP contribution in [0.3, 0.4) is 0 Å². The van der Waals surface area contributed by atoms with Crippen LogP contribution in [0.4, 0.5) is 15.8 Å². The first kappa shape index (κ1) is 15.3. The van der Waals surface area contributed by atoms with Crippen molar-refractivity contribution in [1.29, 1.82) is 0 Å². The van der Waals surface area contributed by atoms with Crippen molar-refractivity contribution >= 4 is 21.4 Å². The van der Waals surface area contributed by atoms with Crippen LogP contribution in [0.25, 0.3) is 0 Å². The Morgan fingerprint density at radius 3 is 2.63 bits per heavy atom. The third kappa shape index (κ3) is 5.62. The molecule has 0 aliphatic heterocycles. The normalized spacial score (nSPS) is 11.3. The van der Waals surface area contributed by atoms with E-state index in [1.807, 2.05) is 0 Å². The minimum absolute atomic E-state index is 0.0735. The molecule has 19 heavy (non-hydrogen) atoms. The molecule has 0 radical (unpaired) electrons. The zero-order valence-electron chi connectivity index (χ0n) is 10.2. The number of anilines is 1. The molecule has 1 aromatic rings. The molecule has 106 valence electrons. The van der Waals surface area contributed by atoms with E-state index in [0.29, 0.717) is 6.42 Å². The van der Waals surface area contributed by atoms with Gasteiger partial charge in [0.05, 0.1) is 11.2 Å². The summed E-state index contributed by atoms with van der Waals surface area (Å²) >= 11 is 0. The van der Waals surface area contributed by atoms with E-state index in [1.54, 1.807) is 0 Å². The summed E-state index contributed by atoms with van der Waals surface area (Å²) < 4.78 is 36.8. The van der Waals surface area contributed by atoms with E-state index in [0.717, 1.165) is 24.5 Å². The number of hydrogen-bond acceptors (Lipinski definition) is 5. The van der Waals surface area contributed by atoms with Crippen LogP contribution in [-0.2, 0) is 10.0 Å². The first-order valence-electron chi connectivity index (χ1n) is 5.42. The minimum Gasteiger partial charge on any atom is -0.379 e. The summed E-state index contributed by atoms with van der Waals surface area (Å²) in [5.41, 5.74) is -0.151. The average Bonchev–Trinajstić information content (AvgIpc) is 2.26. The van der Waals surface area contributed by atoms with Crippen molar-refractivity contribution in [2.75, 3.05) is 24.7 Å². The largest absolute Gasteiger partial charge is 0.379 e. The number of sulfonamides is 1. The summed E-state index contributed by atoms with van der Waals surface area (Å²) in [7, 11) is -3.24. The molecule has 0 heterocycles. The Hall–Kier alpha value is -1.74. The number of rotatable bonds is 7. The van der Waals surface area contributed by atoms with Gasteiger partial charge in [0.2, 0.25) is 10.0 Å². The molecule has 0 amide bonds. The van der Waals surface area contributed by atoms with Gasteiger partial charge in [0.15, 0.2) is 0 Å². The highest BCUT2D eigenvalue weighted by atomic mass is 32.2. The summed E-state index contributed by atoms with van der Waals surface area (Å²) in [5, 5.41) is 13.4. The Morgan fingerprint density at radius 1 is 1.37 bits per heavy atom. The van der Waals surface area contributed by atoms with Crippen molar-refractivity contribution in [1.82, 2.24) is 4.72 Å². The predicted octanol–water partition coefficient (Wildman–Crippen LogP) is 1.09. The highest BCUT2D eigenvalue weighted by molar-refractivity contribution is 7.88. The summed E-state index contributed by atoms with van der Waals surface area (Å²) in [6.07, 6.45) is 1.46. The summed E-state index contributed by atoms with van der Waals surface area (Å²) in [6.45, 7) is 0.488. The van der Waals surface area contributed by atoms with Gasteiger partial charge in [-0.1, -0.05) is 0 Å². The van der Waals surface area contributed by atoms with Gasteiger partial charge in [0, 0.05) is 25.2 Å². The van der Waals surface area contributed by atoms with Crippen LogP contribution in [0.15, 0.2) is 18.2 Å². The number of halogens is 1. The van der Waals surface area contributed by atoms with Crippen molar-refractivity contribution in [2.45, 2.75) is 6.42 Å². The van der Waals surface area contributed by atoms with Crippen LogP contribution < -0.4 is 10.0 Å². The molecule has 0 spiro atoms. The smallest absolute Gasteiger partial charge is 0.292 e. The van der Waals surface area contributed by atoms with Gasteiger partial charge in [-0.05, 0) is 12.5 Å². The molecule has 0 aliphatic rings. The molecule has 0 unspecified atom stereocenters. The maximum absolute atomic E-state index is 13.0. The number of nitro benzene ring substituents is 1. The van der Waals surface area contributed by atoms with Gasteiger partial charge in [-0.25, -0.2) is 17.5 Å². The lowest BCUT2D eigenvalue weighted by Crippen LogP contribution is -2.24. The third-order valence-corrected chi connectivity index (χ3v) is 2.92. The first-order valence-corrected chi connectivity index (χ1v) is 7.31. The second kappa shape index (κ2) is 6.43. The molecule has 0 saturated carbocycles. The third-order valence-electron chi connectivity index (χ3n) is 2.19. The lowest BCUT2D eigenvalue weighted by atomic mass is 10.2. The maximum atomic E-state index is 13.0. The van der Waals surface area contributed by atoms with Gasteiger partial charge < -0.3 is 5.32 Å². The first-order chi connectivity index (χ1) is 8.79. The zero-order chi connectivity index (χ0) is 14.5. The van der Waals surface area contributed by atoms with E-state index < -0.39 is 20.8 Å². The fraction of sp³-hybridized carbons (Fsp3) is 0.400. The molecule has 0 aliphatic carbocycles. The quantitative estimate of drug-likeness (QED) is 0.445. The van der Waals surface area contributed by atoms with Crippen molar-refractivity contribution in [3.8, 4) is 0 Å². The Morgan fingerprint density at radius 2 is 2.05 bits per heavy atom. The number of benzene rings is 1. The number of hydrogen-bond donors (Lipinski definition) is 2. The molecule has 1 rings (SSSR count). The average molecular weight is 291 g/mol. The second-order valence-corrected chi connectivity index (χ2v) is 5.70. The van der Waals surface area contributed by atoms with Gasteiger partial charge in [0.1, 0.15) is 11.5 Å². The fourth-order valence-corrected chi connectivity index (χ4v) is 1.89. The van der Waals surface area contributed by atoms with Crippen molar-refractivity contribution in [3.05, 3.63) is 34.1 Å². The Kier molecular flexibility index (Phi) is 5.19. The molecule has 7 nitrogen and oxygen atoms in total. The van der Waals surface area contributed by atoms with Crippen molar-refractivity contribution in [2.24, 2.45) is 0 Å². The monoisotopic (exact) mass is 291 g/mol. The van der Waals surface area contributed by atoms with Crippen LogP contribution >= 0.6 is 0 Å². The molecule has 0 aromatic heterocycles. The summed E-state index contributed by atoms with van der Waals surface area (Å²) in [6, 6.07) is 3.11. The van der Waals surface area contributed by atoms with E-state index in [2.05, 4.69) is 10.0 Å². The molecule has 0 atom stereocenters. The standard InChI is InChI=1S/C10H14FN3O4S/c1-19(17,18)13-6-2-5-12-9-7-8(11)3-4-10(9)14(15)16/h3-4,7,12-13H,2,5-6H2,1H3. The predicted molar refractivity (Wildman–Crippen MR) is 69.0 cm³/mol. The van der Waals surface area contributed by atoms with Crippen molar-refractivity contribution < 1.29 is 17.7 Å². The molecule has 2 N–H and O–H groups in total. The Labute approximate surface area is 110 Å². The summed E-state index contributed by atoms with van der Waals surface area (Å²) in [5.74, 6) is -0.581. The van der Waals surface area contributed by atoms with Crippen LogP contribution in [0.2, 0.25) is 0 Å². The van der Waals surface area contributed by atoms with Crippen molar-refractivity contribution in [3.63, 3.8) is 0 Å². The zero-order valence-corrected chi connectivity index (χ0v) is 11.0. The molecular formula is C10H14FN3O4S. The Balaban J connectivity index is 2.53. The van der Waals surface area contributed by atoms with Gasteiger partial charge in [-0.15, -0.1) is 0 Å². The fourth-order valence-electron chi connectivity index (χ4n) is 1.38. The number of nitro groups is 1. The number of nitrogens with one attached hydrogen (secondary N) is 2. The summed E-state index contributed by atoms with van der Waals surface area (Å²) in [4.78, 5) is 10.1. The van der Waals surface area contributed by atoms with E-state index in [4.69, 9.17) is 0 Å². The number of nitrogens with zero attached hydrogens (tertiary/aromatic N) is 1. The van der Waals surface area contributed by atoms with E-state index >= 15 is 0 Å². The van der Waals surface area contributed by atoms with Crippen LogP contribution in [-0.4, -0.2) is 32.7 Å².